The number of hydrogen-bond donors (Lipinski definition) is 2. The molecule has 0 radical (unpaired) electrons. The highest BCUT2D eigenvalue weighted by atomic mass is 19.3. The van der Waals surface area contributed by atoms with Gasteiger partial charge in [-0.1, -0.05) is 0 Å². The number of pyridine rings is 1. The highest BCUT2D eigenvalue weighted by Gasteiger charge is 2.39. The molecule has 33 heavy (non-hydrogen) atoms. The van der Waals surface area contributed by atoms with Crippen LogP contribution in [-0.2, 0) is 5.41 Å². The van der Waals surface area contributed by atoms with Crippen molar-refractivity contribution in [2.24, 2.45) is 0 Å². The van der Waals surface area contributed by atoms with Gasteiger partial charge in [-0.15, -0.1) is 0 Å². The van der Waals surface area contributed by atoms with Crippen molar-refractivity contribution < 1.29 is 23.0 Å². The smallest absolute Gasteiger partial charge is 0.387 e. The van der Waals surface area contributed by atoms with Crippen LogP contribution in [0.2, 0.25) is 0 Å². The summed E-state index contributed by atoms with van der Waals surface area (Å²) < 4.78 is 38.3. The van der Waals surface area contributed by atoms with Crippen molar-refractivity contribution in [1.29, 1.82) is 5.26 Å². The summed E-state index contributed by atoms with van der Waals surface area (Å²) in [6.07, 6.45) is 5.09. The second kappa shape index (κ2) is 8.01. The number of methoxy groups -OCH3 is 1. The Balaban J connectivity index is 1.58. The van der Waals surface area contributed by atoms with Gasteiger partial charge in [0.05, 0.1) is 25.1 Å². The molecule has 2 N–H and O–H groups in total. The summed E-state index contributed by atoms with van der Waals surface area (Å²) in [4.78, 5) is 17.2. The van der Waals surface area contributed by atoms with E-state index in [2.05, 4.69) is 21.7 Å². The van der Waals surface area contributed by atoms with Gasteiger partial charge in [0.25, 0.3) is 5.91 Å². The molecular weight excluding hydrogens is 432 g/mol. The maximum Gasteiger partial charge on any atom is 0.387 e. The van der Waals surface area contributed by atoms with E-state index < -0.39 is 17.9 Å². The topological polar surface area (TPSA) is 101 Å². The number of ether oxygens (including phenoxy) is 2. The maximum absolute atomic E-state index is 13.2. The molecule has 1 aliphatic carbocycles. The molecule has 1 aliphatic heterocycles. The van der Waals surface area contributed by atoms with Gasteiger partial charge in [0.15, 0.2) is 0 Å². The summed E-state index contributed by atoms with van der Waals surface area (Å²) in [5.74, 6) is -0.667. The molecule has 8 nitrogen and oxygen atoms in total. The lowest BCUT2D eigenvalue weighted by Gasteiger charge is -2.36. The number of nitriles is 1. The number of benzene rings is 1. The van der Waals surface area contributed by atoms with Crippen LogP contribution in [0.3, 0.4) is 0 Å². The van der Waals surface area contributed by atoms with Crippen LogP contribution in [0.25, 0.3) is 16.9 Å². The zero-order valence-corrected chi connectivity index (χ0v) is 17.8. The van der Waals surface area contributed by atoms with Gasteiger partial charge in [-0.3, -0.25) is 9.20 Å². The Morgan fingerprint density at radius 1 is 1.33 bits per heavy atom. The van der Waals surface area contributed by atoms with E-state index in [-0.39, 0.29) is 23.1 Å². The van der Waals surface area contributed by atoms with E-state index in [1.165, 1.54) is 13.2 Å². The number of hydrogen-bond acceptors (Lipinski definition) is 6. The monoisotopic (exact) mass is 453 g/mol. The molecular formula is C23H21F2N5O3. The number of carbonyl (C=O) groups excluding carboxylic acids is 1. The van der Waals surface area contributed by atoms with Crippen LogP contribution < -0.4 is 20.1 Å². The molecule has 1 saturated carbocycles. The number of nitrogens with one attached hydrogen (secondary N) is 2. The minimum Gasteiger partial charge on any atom is -0.496 e. The van der Waals surface area contributed by atoms with E-state index in [0.717, 1.165) is 18.4 Å². The number of halogens is 2. The number of nitrogens with zero attached hydrogens (tertiary/aromatic N) is 3. The van der Waals surface area contributed by atoms with Crippen LogP contribution in [-0.4, -0.2) is 48.1 Å². The van der Waals surface area contributed by atoms with Crippen molar-refractivity contribution in [2.45, 2.75) is 30.9 Å². The summed E-state index contributed by atoms with van der Waals surface area (Å²) in [5.41, 5.74) is 1.91. The average molecular weight is 453 g/mol. The number of alkyl halides is 2. The fourth-order valence-electron chi connectivity index (χ4n) is 4.01. The molecule has 1 saturated heterocycles. The lowest BCUT2D eigenvalue weighted by molar-refractivity contribution is -0.0502. The zero-order valence-electron chi connectivity index (χ0n) is 17.8. The number of carbonyl (C=O) groups is 1. The quantitative estimate of drug-likeness (QED) is 0.571. The van der Waals surface area contributed by atoms with Crippen LogP contribution in [0.5, 0.6) is 11.5 Å². The number of aromatic nitrogens is 2. The van der Waals surface area contributed by atoms with Crippen molar-refractivity contribution in [1.82, 2.24) is 20.0 Å². The predicted octanol–water partition coefficient (Wildman–Crippen LogP) is 2.87. The third-order valence-corrected chi connectivity index (χ3v) is 6.07. The average Bonchev–Trinajstić information content (AvgIpc) is 3.47. The lowest BCUT2D eigenvalue weighted by atomic mass is 9.77. The van der Waals surface area contributed by atoms with Gasteiger partial charge in [-0.05, 0) is 42.7 Å². The molecule has 0 atom stereocenters. The van der Waals surface area contributed by atoms with Gasteiger partial charge in [0, 0.05) is 30.9 Å². The largest absolute Gasteiger partial charge is 0.496 e. The summed E-state index contributed by atoms with van der Waals surface area (Å²) in [6.45, 7) is -1.97. The van der Waals surface area contributed by atoms with Gasteiger partial charge < -0.3 is 20.1 Å². The Hall–Kier alpha value is -3.71. The molecule has 5 rings (SSSR count). The van der Waals surface area contributed by atoms with E-state index in [4.69, 9.17) is 9.47 Å². The molecule has 1 amide bonds. The first-order valence-electron chi connectivity index (χ1n) is 10.5. The van der Waals surface area contributed by atoms with Gasteiger partial charge in [-0.2, -0.15) is 14.0 Å². The zero-order chi connectivity index (χ0) is 23.2. The Kier molecular flexibility index (Phi) is 5.13. The summed E-state index contributed by atoms with van der Waals surface area (Å²) >= 11 is 0. The Bertz CT molecular complexity index is 1280. The lowest BCUT2D eigenvalue weighted by Crippen LogP contribution is -2.55. The normalized spacial score (nSPS) is 16.8. The van der Waals surface area contributed by atoms with E-state index in [0.29, 0.717) is 30.0 Å². The predicted molar refractivity (Wildman–Crippen MR) is 114 cm³/mol. The number of imidazole rings is 1. The summed E-state index contributed by atoms with van der Waals surface area (Å²) in [5, 5.41) is 15.5. The fraction of sp³-hybridized carbons (Fsp3) is 0.348. The second-order valence-corrected chi connectivity index (χ2v) is 8.26. The minimum atomic E-state index is -3.11. The van der Waals surface area contributed by atoms with Gasteiger partial charge in [0.1, 0.15) is 28.1 Å². The van der Waals surface area contributed by atoms with E-state index in [9.17, 15) is 18.8 Å². The fourth-order valence-corrected chi connectivity index (χ4v) is 4.01. The van der Waals surface area contributed by atoms with Gasteiger partial charge >= 0.3 is 6.61 Å². The Labute approximate surface area is 188 Å². The molecule has 170 valence electrons. The van der Waals surface area contributed by atoms with Crippen LogP contribution >= 0.6 is 0 Å². The van der Waals surface area contributed by atoms with Crippen LogP contribution in [0.15, 0.2) is 36.7 Å². The highest BCUT2D eigenvalue weighted by Crippen LogP contribution is 2.37. The first kappa shape index (κ1) is 21.2. The second-order valence-electron chi connectivity index (χ2n) is 8.26. The van der Waals surface area contributed by atoms with Crippen molar-refractivity contribution in [3.05, 3.63) is 47.8 Å². The number of rotatable bonds is 7. The summed E-state index contributed by atoms with van der Waals surface area (Å²) in [7, 11) is 1.37. The standard InChI is InChI=1S/C23H21F2N5O3/c1-32-17-6-13(7-18(33-22(24)25)20(17)21(31)29-15-2-3-15)16-9-28-19-8-14(4-5-30(16)19)23(10-26)11-27-12-23/h4-9,15,22,27H,2-3,11-12H2,1H3,(H,29,31). The van der Waals surface area contributed by atoms with Gasteiger partial charge in [-0.25, -0.2) is 4.98 Å². The van der Waals surface area contributed by atoms with Gasteiger partial charge in [0.2, 0.25) is 0 Å². The summed E-state index contributed by atoms with van der Waals surface area (Å²) in [6, 6.07) is 9.10. The SMILES string of the molecule is COc1cc(-c2cnc3cc(C4(C#N)CNC4)ccn23)cc(OC(F)F)c1C(=O)NC1CC1. The third-order valence-electron chi connectivity index (χ3n) is 6.07. The Morgan fingerprint density at radius 2 is 2.09 bits per heavy atom. The molecule has 2 aliphatic rings. The minimum absolute atomic E-state index is 0.0387. The van der Waals surface area contributed by atoms with E-state index in [1.54, 1.807) is 22.9 Å². The van der Waals surface area contributed by atoms with Crippen LogP contribution in [0.1, 0.15) is 28.8 Å². The molecule has 2 aromatic heterocycles. The molecule has 1 aromatic carbocycles. The van der Waals surface area contributed by atoms with Crippen molar-refractivity contribution in [3.63, 3.8) is 0 Å². The molecule has 3 heterocycles. The molecule has 0 bridgehead atoms. The van der Waals surface area contributed by atoms with Crippen LogP contribution in [0.4, 0.5) is 8.78 Å². The van der Waals surface area contributed by atoms with Crippen molar-refractivity contribution in [2.75, 3.05) is 20.2 Å². The molecule has 0 spiro atoms. The third kappa shape index (κ3) is 3.74. The number of fused-ring (bicyclic) bond motifs is 1. The van der Waals surface area contributed by atoms with Crippen molar-refractivity contribution in [3.8, 4) is 28.8 Å². The first-order valence-corrected chi connectivity index (χ1v) is 10.5. The number of amides is 1. The van der Waals surface area contributed by atoms with Crippen molar-refractivity contribution >= 4 is 11.6 Å². The van der Waals surface area contributed by atoms with Crippen LogP contribution in [0, 0.1) is 11.3 Å². The molecule has 2 fully saturated rings. The molecule has 3 aromatic rings. The molecule has 10 heteroatoms. The first-order chi connectivity index (χ1) is 15.9. The highest BCUT2D eigenvalue weighted by molar-refractivity contribution is 6.01. The molecule has 0 unspecified atom stereocenters. The van der Waals surface area contributed by atoms with E-state index in [1.807, 2.05) is 12.1 Å². The van der Waals surface area contributed by atoms with E-state index >= 15 is 0 Å². The Morgan fingerprint density at radius 3 is 2.70 bits per heavy atom. The maximum atomic E-state index is 13.2.